The van der Waals surface area contributed by atoms with Crippen molar-refractivity contribution in [2.45, 2.75) is 50.2 Å². The molecule has 0 amide bonds. The molecule has 5 heteroatoms. The molecule has 0 spiro atoms. The Kier molecular flexibility index (Phi) is 5.14. The van der Waals surface area contributed by atoms with E-state index in [4.69, 9.17) is 0 Å². The molecule has 0 radical (unpaired) electrons. The van der Waals surface area contributed by atoms with Crippen molar-refractivity contribution in [2.75, 3.05) is 12.3 Å². The van der Waals surface area contributed by atoms with Gasteiger partial charge in [-0.25, -0.2) is 0 Å². The van der Waals surface area contributed by atoms with Crippen LogP contribution in [0, 0.1) is 5.92 Å². The lowest BCUT2D eigenvalue weighted by molar-refractivity contribution is 0.393. The maximum Gasteiger partial charge on any atom is 0.195 e. The molecular weight excluding hydrogens is 280 g/mol. The third-order valence-corrected chi connectivity index (χ3v) is 5.29. The highest BCUT2D eigenvalue weighted by Gasteiger charge is 2.26. The number of hydrogen-bond acceptors (Lipinski definition) is 4. The highest BCUT2D eigenvalue weighted by Crippen LogP contribution is 2.30. The molecule has 0 aromatic carbocycles. The van der Waals surface area contributed by atoms with Crippen LogP contribution < -0.4 is 5.32 Å². The van der Waals surface area contributed by atoms with E-state index in [0.717, 1.165) is 35.1 Å². The first-order chi connectivity index (χ1) is 10.4. The molecule has 2 unspecified atom stereocenters. The summed E-state index contributed by atoms with van der Waals surface area (Å²) in [5, 5.41) is 13.2. The fourth-order valence-electron chi connectivity index (χ4n) is 3.20. The maximum absolute atomic E-state index is 4.29. The predicted octanol–water partition coefficient (Wildman–Crippen LogP) is 3.38. The zero-order valence-corrected chi connectivity index (χ0v) is 13.5. The predicted molar refractivity (Wildman–Crippen MR) is 87.8 cm³/mol. The van der Waals surface area contributed by atoms with Crippen LogP contribution in [0.2, 0.25) is 0 Å². The van der Waals surface area contributed by atoms with E-state index in [9.17, 15) is 0 Å². The maximum atomic E-state index is 4.29. The van der Waals surface area contributed by atoms with E-state index < -0.39 is 0 Å². The minimum absolute atomic E-state index is 0.737. The van der Waals surface area contributed by atoms with Gasteiger partial charge >= 0.3 is 0 Å². The van der Waals surface area contributed by atoms with Crippen LogP contribution in [0.25, 0.3) is 5.65 Å². The standard InChI is InChI=1S/C16H24N4S/c1-2-10-17-14-7-5-6-13(14)9-12-21-16-19-18-15-8-3-4-11-20(15)16/h3-4,8,11,13-14,17H,2,5-7,9-10,12H2,1H3. The van der Waals surface area contributed by atoms with Gasteiger partial charge in [-0.15, -0.1) is 10.2 Å². The van der Waals surface area contributed by atoms with Crippen LogP contribution in [0.5, 0.6) is 0 Å². The fraction of sp³-hybridized carbons (Fsp3) is 0.625. The lowest BCUT2D eigenvalue weighted by Gasteiger charge is -2.20. The zero-order valence-electron chi connectivity index (χ0n) is 12.7. The fourth-order valence-corrected chi connectivity index (χ4v) is 4.20. The third-order valence-electron chi connectivity index (χ3n) is 4.32. The molecule has 1 aliphatic carbocycles. The van der Waals surface area contributed by atoms with E-state index in [-0.39, 0.29) is 0 Å². The first-order valence-corrected chi connectivity index (χ1v) is 9.03. The number of aromatic nitrogens is 3. The van der Waals surface area contributed by atoms with Gasteiger partial charge < -0.3 is 5.32 Å². The van der Waals surface area contributed by atoms with E-state index in [1.54, 1.807) is 0 Å². The largest absolute Gasteiger partial charge is 0.314 e. The average molecular weight is 304 g/mol. The second kappa shape index (κ2) is 7.27. The Balaban J connectivity index is 1.51. The van der Waals surface area contributed by atoms with Gasteiger partial charge in [-0.2, -0.15) is 0 Å². The summed E-state index contributed by atoms with van der Waals surface area (Å²) in [6.07, 6.45) is 8.65. The topological polar surface area (TPSA) is 42.2 Å². The molecule has 0 saturated heterocycles. The van der Waals surface area contributed by atoms with Crippen molar-refractivity contribution in [1.29, 1.82) is 0 Å². The summed E-state index contributed by atoms with van der Waals surface area (Å²) >= 11 is 1.83. The first kappa shape index (κ1) is 14.9. The second-order valence-corrected chi connectivity index (χ2v) is 6.86. The number of fused-ring (bicyclic) bond motifs is 1. The Morgan fingerprint density at radius 2 is 2.29 bits per heavy atom. The van der Waals surface area contributed by atoms with Crippen LogP contribution in [-0.2, 0) is 0 Å². The van der Waals surface area contributed by atoms with Crippen molar-refractivity contribution in [3.63, 3.8) is 0 Å². The lowest BCUT2D eigenvalue weighted by Crippen LogP contribution is -2.33. The van der Waals surface area contributed by atoms with E-state index in [0.29, 0.717) is 0 Å². The zero-order chi connectivity index (χ0) is 14.5. The molecule has 2 aromatic heterocycles. The Hall–Kier alpha value is -1.07. The van der Waals surface area contributed by atoms with Gasteiger partial charge in [0.2, 0.25) is 0 Å². The van der Waals surface area contributed by atoms with Crippen molar-refractivity contribution in [1.82, 2.24) is 19.9 Å². The molecular formula is C16H24N4S. The summed E-state index contributed by atoms with van der Waals surface area (Å²) in [5.74, 6) is 1.97. The molecule has 2 aromatic rings. The normalized spacial score (nSPS) is 22.1. The van der Waals surface area contributed by atoms with Crippen LogP contribution in [-0.4, -0.2) is 32.9 Å². The van der Waals surface area contributed by atoms with Crippen molar-refractivity contribution >= 4 is 17.4 Å². The van der Waals surface area contributed by atoms with Crippen LogP contribution in [0.3, 0.4) is 0 Å². The van der Waals surface area contributed by atoms with Crippen LogP contribution in [0.15, 0.2) is 29.6 Å². The Bertz CT molecular complexity index is 568. The SMILES string of the molecule is CCCNC1CCCC1CCSc1nnc2ccccn12. The molecule has 1 N–H and O–H groups in total. The van der Waals surface area contributed by atoms with Gasteiger partial charge in [-0.05, 0) is 50.3 Å². The van der Waals surface area contributed by atoms with Gasteiger partial charge in [0.1, 0.15) is 0 Å². The molecule has 21 heavy (non-hydrogen) atoms. The third kappa shape index (κ3) is 3.58. The van der Waals surface area contributed by atoms with Crippen LogP contribution >= 0.6 is 11.8 Å². The molecule has 2 atom stereocenters. The molecule has 1 fully saturated rings. The lowest BCUT2D eigenvalue weighted by atomic mass is 10.0. The molecule has 3 rings (SSSR count). The number of hydrogen-bond donors (Lipinski definition) is 1. The van der Waals surface area contributed by atoms with Crippen LogP contribution in [0.4, 0.5) is 0 Å². The quantitative estimate of drug-likeness (QED) is 0.796. The molecule has 114 valence electrons. The monoisotopic (exact) mass is 304 g/mol. The average Bonchev–Trinajstić information content (AvgIpc) is 3.12. The molecule has 2 heterocycles. The van der Waals surface area contributed by atoms with Gasteiger partial charge in [0.25, 0.3) is 0 Å². The summed E-state index contributed by atoms with van der Waals surface area (Å²) in [6.45, 7) is 3.40. The van der Waals surface area contributed by atoms with Gasteiger partial charge in [0.15, 0.2) is 10.8 Å². The van der Waals surface area contributed by atoms with Crippen molar-refractivity contribution in [3.8, 4) is 0 Å². The van der Waals surface area contributed by atoms with Crippen molar-refractivity contribution in [2.24, 2.45) is 5.92 Å². The van der Waals surface area contributed by atoms with E-state index in [2.05, 4.69) is 26.8 Å². The Morgan fingerprint density at radius 1 is 1.33 bits per heavy atom. The molecule has 1 saturated carbocycles. The second-order valence-electron chi connectivity index (χ2n) is 5.80. The van der Waals surface area contributed by atoms with E-state index in [1.807, 2.05) is 36.2 Å². The number of thioether (sulfide) groups is 1. The summed E-state index contributed by atoms with van der Waals surface area (Å²) < 4.78 is 2.08. The van der Waals surface area contributed by atoms with Gasteiger partial charge in [-0.1, -0.05) is 31.2 Å². The summed E-state index contributed by atoms with van der Waals surface area (Å²) in [7, 11) is 0. The minimum Gasteiger partial charge on any atom is -0.314 e. The molecule has 1 aliphatic rings. The number of rotatable bonds is 7. The Morgan fingerprint density at radius 3 is 3.19 bits per heavy atom. The van der Waals surface area contributed by atoms with E-state index >= 15 is 0 Å². The number of nitrogens with zero attached hydrogens (tertiary/aromatic N) is 3. The number of pyridine rings is 1. The smallest absolute Gasteiger partial charge is 0.195 e. The number of nitrogens with one attached hydrogen (secondary N) is 1. The molecule has 4 nitrogen and oxygen atoms in total. The van der Waals surface area contributed by atoms with Crippen LogP contribution in [0.1, 0.15) is 39.0 Å². The Labute approximate surface area is 130 Å². The summed E-state index contributed by atoms with van der Waals surface area (Å²) in [6, 6.07) is 6.77. The minimum atomic E-state index is 0.737. The van der Waals surface area contributed by atoms with Crippen molar-refractivity contribution < 1.29 is 0 Å². The van der Waals surface area contributed by atoms with Gasteiger partial charge in [-0.3, -0.25) is 4.40 Å². The highest BCUT2D eigenvalue weighted by atomic mass is 32.2. The molecule has 0 aliphatic heterocycles. The van der Waals surface area contributed by atoms with Gasteiger partial charge in [0.05, 0.1) is 0 Å². The summed E-state index contributed by atoms with van der Waals surface area (Å²) in [4.78, 5) is 0. The molecule has 0 bridgehead atoms. The first-order valence-electron chi connectivity index (χ1n) is 8.04. The van der Waals surface area contributed by atoms with Crippen molar-refractivity contribution in [3.05, 3.63) is 24.4 Å². The van der Waals surface area contributed by atoms with Gasteiger partial charge in [0, 0.05) is 18.0 Å². The highest BCUT2D eigenvalue weighted by molar-refractivity contribution is 7.99. The van der Waals surface area contributed by atoms with E-state index in [1.165, 1.54) is 32.1 Å². The summed E-state index contributed by atoms with van der Waals surface area (Å²) in [5.41, 5.74) is 0.934.